The van der Waals surface area contributed by atoms with Crippen LogP contribution in [-0.4, -0.2) is 12.5 Å². The van der Waals surface area contributed by atoms with Gasteiger partial charge >= 0.3 is 0 Å². The molecule has 0 spiro atoms. The molecule has 5 heteroatoms. The Morgan fingerprint density at radius 2 is 1.83 bits per heavy atom. The van der Waals surface area contributed by atoms with E-state index >= 15 is 0 Å². The highest BCUT2D eigenvalue weighted by molar-refractivity contribution is 7.98. The molecule has 0 radical (unpaired) electrons. The maximum atomic E-state index is 12.1. The first-order valence-corrected chi connectivity index (χ1v) is 9.45. The Morgan fingerprint density at radius 3 is 2.62 bits per heavy atom. The van der Waals surface area contributed by atoms with Crippen molar-refractivity contribution in [3.05, 3.63) is 77.0 Å². The fourth-order valence-corrected chi connectivity index (χ4v) is 3.81. The summed E-state index contributed by atoms with van der Waals surface area (Å²) in [6, 6.07) is 19.3. The summed E-state index contributed by atoms with van der Waals surface area (Å²) in [7, 11) is 0. The summed E-state index contributed by atoms with van der Waals surface area (Å²) in [5, 5.41) is 7.14. The number of carbonyl (C=O) groups excluding carboxylic acids is 1. The molecule has 1 aromatic heterocycles. The summed E-state index contributed by atoms with van der Waals surface area (Å²) in [6.45, 7) is -0.00640. The molecule has 2 aromatic carbocycles. The van der Waals surface area contributed by atoms with Crippen LogP contribution in [0.3, 0.4) is 0 Å². The van der Waals surface area contributed by atoms with Crippen LogP contribution in [0.2, 0.25) is 0 Å². The van der Waals surface area contributed by atoms with Gasteiger partial charge in [-0.2, -0.15) is 11.3 Å². The van der Waals surface area contributed by atoms with E-state index in [1.54, 1.807) is 23.1 Å². The number of hydrogen-bond donors (Lipinski definition) is 1. The number of ether oxygens (including phenoxy) is 1. The second-order valence-electron chi connectivity index (χ2n) is 5.07. The van der Waals surface area contributed by atoms with Crippen LogP contribution in [0.5, 0.6) is 5.75 Å². The molecule has 0 aliphatic heterocycles. The predicted molar refractivity (Wildman–Crippen MR) is 101 cm³/mol. The van der Waals surface area contributed by atoms with E-state index in [9.17, 15) is 4.79 Å². The number of carbonyl (C=O) groups is 1. The lowest BCUT2D eigenvalue weighted by Crippen LogP contribution is -2.20. The fourth-order valence-electron chi connectivity index (χ4n) is 2.08. The first kappa shape index (κ1) is 16.6. The number of benzene rings is 2. The van der Waals surface area contributed by atoms with Gasteiger partial charge in [0.05, 0.1) is 5.69 Å². The second-order valence-corrected chi connectivity index (χ2v) is 6.86. The van der Waals surface area contributed by atoms with Crippen LogP contribution < -0.4 is 10.1 Å². The minimum absolute atomic E-state index is 0.00640. The van der Waals surface area contributed by atoms with Gasteiger partial charge in [0, 0.05) is 10.6 Å². The Balaban J connectivity index is 1.57. The van der Waals surface area contributed by atoms with E-state index in [1.165, 1.54) is 5.56 Å². The number of nitrogens with one attached hydrogen (secondary N) is 1. The molecule has 0 atom stereocenters. The average Bonchev–Trinajstić information content (AvgIpc) is 3.14. The van der Waals surface area contributed by atoms with E-state index < -0.39 is 0 Å². The number of thioether (sulfide) groups is 1. The van der Waals surface area contributed by atoms with Crippen molar-refractivity contribution in [1.82, 2.24) is 0 Å². The Morgan fingerprint density at radius 1 is 1.04 bits per heavy atom. The van der Waals surface area contributed by atoms with Crippen LogP contribution in [0.15, 0.2) is 76.3 Å². The van der Waals surface area contributed by atoms with E-state index in [2.05, 4.69) is 22.1 Å². The van der Waals surface area contributed by atoms with Crippen molar-refractivity contribution < 1.29 is 9.53 Å². The maximum Gasteiger partial charge on any atom is 0.262 e. The molecule has 3 nitrogen and oxygen atoms in total. The van der Waals surface area contributed by atoms with Gasteiger partial charge in [-0.3, -0.25) is 4.79 Å². The third-order valence-electron chi connectivity index (χ3n) is 3.25. The average molecular weight is 355 g/mol. The van der Waals surface area contributed by atoms with E-state index in [4.69, 9.17) is 4.74 Å². The highest BCUT2D eigenvalue weighted by Crippen LogP contribution is 2.30. The van der Waals surface area contributed by atoms with E-state index in [0.29, 0.717) is 5.75 Å². The molecular weight excluding hydrogens is 338 g/mol. The van der Waals surface area contributed by atoms with Crippen molar-refractivity contribution in [2.45, 2.75) is 10.6 Å². The molecule has 0 aliphatic carbocycles. The third-order valence-corrected chi connectivity index (χ3v) is 5.13. The van der Waals surface area contributed by atoms with Crippen molar-refractivity contribution in [3.63, 3.8) is 0 Å². The quantitative estimate of drug-likeness (QED) is 0.602. The predicted octanol–water partition coefficient (Wildman–Crippen LogP) is 5.06. The summed E-state index contributed by atoms with van der Waals surface area (Å²) in [6.07, 6.45) is 0. The molecule has 1 N–H and O–H groups in total. The summed E-state index contributed by atoms with van der Waals surface area (Å²) < 4.78 is 5.48. The molecule has 0 saturated carbocycles. The van der Waals surface area contributed by atoms with Crippen LogP contribution in [-0.2, 0) is 10.5 Å². The van der Waals surface area contributed by atoms with E-state index in [1.807, 2.05) is 54.6 Å². The van der Waals surface area contributed by atoms with Gasteiger partial charge in [-0.05, 0) is 46.7 Å². The first-order chi connectivity index (χ1) is 11.8. The summed E-state index contributed by atoms with van der Waals surface area (Å²) in [5.41, 5.74) is 2.11. The van der Waals surface area contributed by atoms with Gasteiger partial charge in [0.15, 0.2) is 6.61 Å². The number of hydrogen-bond acceptors (Lipinski definition) is 4. The molecule has 0 bridgehead atoms. The smallest absolute Gasteiger partial charge is 0.262 e. The lowest BCUT2D eigenvalue weighted by atomic mass is 10.3. The molecule has 24 heavy (non-hydrogen) atoms. The van der Waals surface area contributed by atoms with Crippen LogP contribution in [0, 0.1) is 0 Å². The van der Waals surface area contributed by atoms with E-state index in [0.717, 1.165) is 16.3 Å². The second kappa shape index (κ2) is 8.57. The van der Waals surface area contributed by atoms with Crippen molar-refractivity contribution >= 4 is 34.7 Å². The van der Waals surface area contributed by atoms with Gasteiger partial charge < -0.3 is 10.1 Å². The number of anilines is 1. The normalized spacial score (nSPS) is 10.3. The van der Waals surface area contributed by atoms with Gasteiger partial charge in [-0.15, -0.1) is 11.8 Å². The molecule has 3 rings (SSSR count). The standard InChI is InChI=1S/C19H17NO2S2/c21-19(12-22-16-6-2-1-3-7-16)20-17-8-4-5-9-18(17)24-14-15-10-11-23-13-15/h1-11,13H,12,14H2,(H,20,21). The largest absolute Gasteiger partial charge is 0.484 e. The molecule has 1 amide bonds. The maximum absolute atomic E-state index is 12.1. The van der Waals surface area contributed by atoms with E-state index in [-0.39, 0.29) is 12.5 Å². The molecule has 0 unspecified atom stereocenters. The lowest BCUT2D eigenvalue weighted by molar-refractivity contribution is -0.118. The Kier molecular flexibility index (Phi) is 5.93. The van der Waals surface area contributed by atoms with Crippen LogP contribution in [0.25, 0.3) is 0 Å². The minimum Gasteiger partial charge on any atom is -0.484 e. The van der Waals surface area contributed by atoms with Crippen LogP contribution in [0.1, 0.15) is 5.56 Å². The van der Waals surface area contributed by atoms with Gasteiger partial charge in [0.25, 0.3) is 5.91 Å². The number of amides is 1. The highest BCUT2D eigenvalue weighted by Gasteiger charge is 2.08. The molecule has 0 aliphatic rings. The van der Waals surface area contributed by atoms with Gasteiger partial charge in [0.2, 0.25) is 0 Å². The third kappa shape index (κ3) is 4.88. The van der Waals surface area contributed by atoms with Gasteiger partial charge in [-0.25, -0.2) is 0 Å². The van der Waals surface area contributed by atoms with Crippen molar-refractivity contribution in [3.8, 4) is 5.75 Å². The van der Waals surface area contributed by atoms with Crippen LogP contribution >= 0.6 is 23.1 Å². The highest BCUT2D eigenvalue weighted by atomic mass is 32.2. The van der Waals surface area contributed by atoms with Crippen LogP contribution in [0.4, 0.5) is 5.69 Å². The zero-order valence-corrected chi connectivity index (χ0v) is 14.6. The molecule has 0 fully saturated rings. The Bertz CT molecular complexity index is 773. The van der Waals surface area contributed by atoms with Crippen molar-refractivity contribution in [1.29, 1.82) is 0 Å². The number of rotatable bonds is 7. The van der Waals surface area contributed by atoms with Gasteiger partial charge in [0.1, 0.15) is 5.75 Å². The topological polar surface area (TPSA) is 38.3 Å². The zero-order chi connectivity index (χ0) is 16.6. The number of thiophene rings is 1. The molecule has 3 aromatic rings. The SMILES string of the molecule is O=C(COc1ccccc1)Nc1ccccc1SCc1ccsc1. The fraction of sp³-hybridized carbons (Fsp3) is 0.105. The minimum atomic E-state index is -0.164. The molecular formula is C19H17NO2S2. The number of para-hydroxylation sites is 2. The van der Waals surface area contributed by atoms with Crippen molar-refractivity contribution in [2.75, 3.05) is 11.9 Å². The summed E-state index contributed by atoms with van der Waals surface area (Å²) in [4.78, 5) is 13.2. The Hall–Kier alpha value is -2.24. The summed E-state index contributed by atoms with van der Waals surface area (Å²) in [5.74, 6) is 1.41. The monoisotopic (exact) mass is 355 g/mol. The Labute approximate surface area is 149 Å². The lowest BCUT2D eigenvalue weighted by Gasteiger charge is -2.11. The molecule has 0 saturated heterocycles. The first-order valence-electron chi connectivity index (χ1n) is 7.52. The molecule has 1 heterocycles. The van der Waals surface area contributed by atoms with Crippen molar-refractivity contribution in [2.24, 2.45) is 0 Å². The van der Waals surface area contributed by atoms with Gasteiger partial charge in [-0.1, -0.05) is 30.3 Å². The summed E-state index contributed by atoms with van der Waals surface area (Å²) >= 11 is 3.41. The molecule has 122 valence electrons. The zero-order valence-electron chi connectivity index (χ0n) is 13.0.